The van der Waals surface area contributed by atoms with Crippen LogP contribution in [-0.2, 0) is 22.6 Å². The van der Waals surface area contributed by atoms with E-state index in [1.807, 2.05) is 105 Å². The van der Waals surface area contributed by atoms with E-state index < -0.39 is 6.04 Å². The summed E-state index contributed by atoms with van der Waals surface area (Å²) in [6.45, 7) is 3.99. The Kier molecular flexibility index (Phi) is 10.2. The van der Waals surface area contributed by atoms with E-state index >= 15 is 0 Å². The first-order valence-corrected chi connectivity index (χ1v) is 14.3. The Bertz CT molecular complexity index is 1440. The topological polar surface area (TPSA) is 67.9 Å². The molecule has 0 saturated carbocycles. The molecule has 0 aliphatic heterocycles. The maximum Gasteiger partial charge on any atom is 0.261 e. The summed E-state index contributed by atoms with van der Waals surface area (Å²) in [7, 11) is 1.61. The highest BCUT2D eigenvalue weighted by Crippen LogP contribution is 2.33. The van der Waals surface area contributed by atoms with E-state index in [2.05, 4.69) is 21.2 Å². The van der Waals surface area contributed by atoms with Crippen LogP contribution in [0.1, 0.15) is 31.4 Å². The molecular formula is C33H35BrN2O4. The Morgan fingerprint density at radius 1 is 0.925 bits per heavy atom. The van der Waals surface area contributed by atoms with E-state index in [4.69, 9.17) is 9.47 Å². The van der Waals surface area contributed by atoms with Gasteiger partial charge in [0.15, 0.2) is 6.61 Å². The van der Waals surface area contributed by atoms with Gasteiger partial charge in [-0.25, -0.2) is 0 Å². The zero-order valence-electron chi connectivity index (χ0n) is 23.1. The molecule has 1 N–H and O–H groups in total. The number of methoxy groups -OCH3 is 1. The average molecular weight is 604 g/mol. The monoisotopic (exact) mass is 602 g/mol. The molecule has 208 valence electrons. The summed E-state index contributed by atoms with van der Waals surface area (Å²) in [6, 6.07) is 28.3. The van der Waals surface area contributed by atoms with E-state index in [1.54, 1.807) is 12.0 Å². The van der Waals surface area contributed by atoms with Crippen molar-refractivity contribution in [3.05, 3.63) is 107 Å². The zero-order chi connectivity index (χ0) is 28.5. The van der Waals surface area contributed by atoms with Crippen LogP contribution in [0.25, 0.3) is 10.8 Å². The molecule has 0 spiro atoms. The normalized spacial score (nSPS) is 12.4. The number of nitrogens with one attached hydrogen (secondary N) is 1. The maximum absolute atomic E-state index is 13.9. The molecule has 0 saturated heterocycles. The van der Waals surface area contributed by atoms with Crippen LogP contribution in [0.2, 0.25) is 0 Å². The largest absolute Gasteiger partial charge is 0.497 e. The van der Waals surface area contributed by atoms with E-state index in [0.29, 0.717) is 17.9 Å². The molecule has 0 bridgehead atoms. The number of amides is 2. The predicted molar refractivity (Wildman–Crippen MR) is 163 cm³/mol. The fourth-order valence-corrected chi connectivity index (χ4v) is 5.12. The Hall–Kier alpha value is -3.84. The van der Waals surface area contributed by atoms with Gasteiger partial charge in [0.1, 0.15) is 17.5 Å². The second-order valence-electron chi connectivity index (χ2n) is 9.78. The number of fused-ring (bicyclic) bond motifs is 1. The van der Waals surface area contributed by atoms with Gasteiger partial charge in [-0.3, -0.25) is 9.59 Å². The molecular weight excluding hydrogens is 568 g/mol. The van der Waals surface area contributed by atoms with Crippen molar-refractivity contribution in [3.63, 3.8) is 0 Å². The van der Waals surface area contributed by atoms with E-state index in [-0.39, 0.29) is 31.0 Å². The van der Waals surface area contributed by atoms with Gasteiger partial charge >= 0.3 is 0 Å². The van der Waals surface area contributed by atoms with Crippen LogP contribution in [-0.4, -0.2) is 42.5 Å². The zero-order valence-corrected chi connectivity index (χ0v) is 24.7. The molecule has 0 fully saturated rings. The predicted octanol–water partition coefficient (Wildman–Crippen LogP) is 6.54. The minimum atomic E-state index is -0.737. The number of rotatable bonds is 12. The molecule has 6 nitrogen and oxygen atoms in total. The number of benzene rings is 4. The van der Waals surface area contributed by atoms with Crippen molar-refractivity contribution in [1.82, 2.24) is 10.2 Å². The van der Waals surface area contributed by atoms with Crippen molar-refractivity contribution in [1.29, 1.82) is 0 Å². The van der Waals surface area contributed by atoms with Crippen molar-refractivity contribution in [2.45, 2.75) is 45.3 Å². The number of halogens is 1. The summed E-state index contributed by atoms with van der Waals surface area (Å²) >= 11 is 3.64. The van der Waals surface area contributed by atoms with Gasteiger partial charge in [0, 0.05) is 19.0 Å². The van der Waals surface area contributed by atoms with Gasteiger partial charge in [-0.05, 0) is 69.4 Å². The lowest BCUT2D eigenvalue weighted by atomic mass is 10.0. The first-order chi connectivity index (χ1) is 19.4. The van der Waals surface area contributed by atoms with Crippen LogP contribution in [0, 0.1) is 0 Å². The molecule has 4 aromatic rings. The fourth-order valence-electron chi connectivity index (χ4n) is 4.51. The van der Waals surface area contributed by atoms with E-state index in [0.717, 1.165) is 32.8 Å². The first-order valence-electron chi connectivity index (χ1n) is 13.5. The fraction of sp³-hybridized carbons (Fsp3) is 0.273. The molecule has 40 heavy (non-hydrogen) atoms. The molecule has 0 unspecified atom stereocenters. The van der Waals surface area contributed by atoms with Crippen LogP contribution >= 0.6 is 15.9 Å². The van der Waals surface area contributed by atoms with Gasteiger partial charge in [-0.2, -0.15) is 0 Å². The molecule has 2 amide bonds. The highest BCUT2D eigenvalue weighted by molar-refractivity contribution is 9.10. The van der Waals surface area contributed by atoms with Crippen molar-refractivity contribution < 1.29 is 19.1 Å². The Morgan fingerprint density at radius 2 is 1.65 bits per heavy atom. The van der Waals surface area contributed by atoms with Crippen LogP contribution in [0.5, 0.6) is 11.5 Å². The smallest absolute Gasteiger partial charge is 0.261 e. The Labute approximate surface area is 244 Å². The van der Waals surface area contributed by atoms with Gasteiger partial charge < -0.3 is 19.7 Å². The summed E-state index contributed by atoms with van der Waals surface area (Å²) in [4.78, 5) is 29.2. The minimum Gasteiger partial charge on any atom is -0.497 e. The van der Waals surface area contributed by atoms with Crippen LogP contribution in [0.4, 0.5) is 0 Å². The van der Waals surface area contributed by atoms with Gasteiger partial charge in [-0.1, -0.05) is 79.7 Å². The lowest BCUT2D eigenvalue weighted by Crippen LogP contribution is -2.53. The molecule has 0 aromatic heterocycles. The summed E-state index contributed by atoms with van der Waals surface area (Å²) in [6.07, 6.45) is 1.16. The lowest BCUT2D eigenvalue weighted by molar-refractivity contribution is -0.143. The summed E-state index contributed by atoms with van der Waals surface area (Å²) in [5, 5.41) is 5.15. The second-order valence-corrected chi connectivity index (χ2v) is 10.6. The highest BCUT2D eigenvalue weighted by atomic mass is 79.9. The summed E-state index contributed by atoms with van der Waals surface area (Å²) in [5.41, 5.74) is 1.82. The summed E-state index contributed by atoms with van der Waals surface area (Å²) < 4.78 is 12.3. The van der Waals surface area contributed by atoms with Gasteiger partial charge in [0.05, 0.1) is 11.6 Å². The van der Waals surface area contributed by atoms with Crippen molar-refractivity contribution in [3.8, 4) is 11.5 Å². The number of hydrogen-bond donors (Lipinski definition) is 1. The first kappa shape index (κ1) is 29.2. The Morgan fingerprint density at radius 3 is 2.40 bits per heavy atom. The molecule has 0 aliphatic rings. The van der Waals surface area contributed by atoms with E-state index in [1.165, 1.54) is 0 Å². The average Bonchev–Trinajstić information content (AvgIpc) is 2.99. The van der Waals surface area contributed by atoms with Gasteiger partial charge in [0.2, 0.25) is 5.91 Å². The van der Waals surface area contributed by atoms with Crippen molar-refractivity contribution in [2.75, 3.05) is 13.7 Å². The lowest BCUT2D eigenvalue weighted by Gasteiger charge is -2.32. The molecule has 4 rings (SSSR count). The SMILES string of the molecule is CC[C@@H](C)NC(=O)[C@@H](Cc1ccccc1)N(Cc1cccc(OC)c1)C(=O)COc1ccc2ccccc2c1Br. The third kappa shape index (κ3) is 7.42. The van der Waals surface area contributed by atoms with Crippen molar-refractivity contribution in [2.24, 2.45) is 0 Å². The van der Waals surface area contributed by atoms with Crippen molar-refractivity contribution >= 4 is 38.5 Å². The number of carbonyl (C=O) groups excluding carboxylic acids is 2. The number of ether oxygens (including phenoxy) is 2. The van der Waals surface area contributed by atoms with Gasteiger partial charge in [0.25, 0.3) is 5.91 Å². The molecule has 7 heteroatoms. The van der Waals surface area contributed by atoms with Gasteiger partial charge in [-0.15, -0.1) is 0 Å². The third-order valence-corrected chi connectivity index (χ3v) is 7.76. The number of carbonyl (C=O) groups is 2. The molecule has 0 aliphatic carbocycles. The quantitative estimate of drug-likeness (QED) is 0.200. The molecule has 0 radical (unpaired) electrons. The second kappa shape index (κ2) is 14.0. The molecule has 0 heterocycles. The molecule has 2 atom stereocenters. The summed E-state index contributed by atoms with van der Waals surface area (Å²) in [5.74, 6) is 0.770. The highest BCUT2D eigenvalue weighted by Gasteiger charge is 2.31. The Balaban J connectivity index is 1.65. The van der Waals surface area contributed by atoms with Crippen LogP contribution < -0.4 is 14.8 Å². The molecule has 4 aromatic carbocycles. The van der Waals surface area contributed by atoms with E-state index in [9.17, 15) is 9.59 Å². The number of hydrogen-bond acceptors (Lipinski definition) is 4. The third-order valence-electron chi connectivity index (χ3n) is 6.94. The maximum atomic E-state index is 13.9. The minimum absolute atomic E-state index is 0.0238. The van der Waals surface area contributed by atoms with Crippen LogP contribution in [0.3, 0.4) is 0 Å². The van der Waals surface area contributed by atoms with Crippen LogP contribution in [0.15, 0.2) is 95.5 Å². The number of nitrogens with zero attached hydrogens (tertiary/aromatic N) is 1. The standard InChI is InChI=1S/C33H35BrN2O4/c1-4-23(2)35-33(38)29(20-24-11-6-5-7-12-24)36(21-25-13-10-15-27(19-25)39-3)31(37)22-40-30-18-17-26-14-8-9-16-28(26)32(30)34/h5-19,23,29H,4,20-22H2,1-3H3,(H,35,38)/t23-,29-/m1/s1.